The number of hydrogen-bond acceptors (Lipinski definition) is 3. The van der Waals surface area contributed by atoms with Crippen molar-refractivity contribution < 1.29 is 15.0 Å². The molecule has 6 heteroatoms. The van der Waals surface area contributed by atoms with E-state index in [-0.39, 0.29) is 0 Å². The Labute approximate surface area is 98.6 Å². The minimum absolute atomic E-state index is 0.350. The largest absolute Gasteiger partial charge is 0.479 e. The van der Waals surface area contributed by atoms with Crippen LogP contribution in [0.3, 0.4) is 0 Å². The van der Waals surface area contributed by atoms with Crippen LogP contribution in [0.1, 0.15) is 25.1 Å². The Kier molecular flexibility index (Phi) is 3.30. The number of nitrogens with zero attached hydrogens (tertiary/aromatic N) is 2. The van der Waals surface area contributed by atoms with Crippen LogP contribution < -0.4 is 0 Å². The second-order valence-electron chi connectivity index (χ2n) is 4.34. The third-order valence-electron chi connectivity index (χ3n) is 2.71. The van der Waals surface area contributed by atoms with Crippen LogP contribution in [0.15, 0.2) is 0 Å². The lowest BCUT2D eigenvalue weighted by Gasteiger charge is -2.27. The number of aliphatic hydroxyl groups excluding tert-OH is 1. The molecule has 0 aliphatic heterocycles. The predicted octanol–water partition coefficient (Wildman–Crippen LogP) is 1.11. The molecule has 1 rings (SSSR count). The number of aliphatic carboxylic acids is 1. The molecule has 0 saturated heterocycles. The molecule has 0 aromatic carbocycles. The Morgan fingerprint density at radius 3 is 2.38 bits per heavy atom. The van der Waals surface area contributed by atoms with Gasteiger partial charge in [0.2, 0.25) is 0 Å². The zero-order valence-electron chi connectivity index (χ0n) is 9.65. The van der Waals surface area contributed by atoms with Crippen molar-refractivity contribution >= 4 is 17.6 Å². The van der Waals surface area contributed by atoms with Gasteiger partial charge in [-0.1, -0.05) is 25.4 Å². The number of carbonyl (C=O) groups is 1. The summed E-state index contributed by atoms with van der Waals surface area (Å²) in [6.07, 6.45) is -1.52. The third kappa shape index (κ3) is 1.92. The molecular formula is C10H15ClN2O3. The zero-order valence-corrected chi connectivity index (χ0v) is 10.4. The average molecular weight is 247 g/mol. The maximum Gasteiger partial charge on any atom is 0.333 e. The topological polar surface area (TPSA) is 75.3 Å². The highest BCUT2D eigenvalue weighted by Crippen LogP contribution is 2.35. The predicted molar refractivity (Wildman–Crippen MR) is 59.6 cm³/mol. The second kappa shape index (κ2) is 4.07. The lowest BCUT2D eigenvalue weighted by molar-refractivity contribution is -0.150. The van der Waals surface area contributed by atoms with Crippen molar-refractivity contribution in [2.45, 2.75) is 32.3 Å². The highest BCUT2D eigenvalue weighted by atomic mass is 35.5. The fourth-order valence-electron chi connectivity index (χ4n) is 1.81. The summed E-state index contributed by atoms with van der Waals surface area (Å²) in [5.41, 5.74) is 0.200. The van der Waals surface area contributed by atoms with E-state index < -0.39 is 17.5 Å². The molecule has 1 heterocycles. The van der Waals surface area contributed by atoms with Gasteiger partial charge in [0.05, 0.1) is 5.69 Å². The number of aromatic nitrogens is 2. The molecule has 0 bridgehead atoms. The van der Waals surface area contributed by atoms with Crippen molar-refractivity contribution in [3.05, 3.63) is 16.4 Å². The highest BCUT2D eigenvalue weighted by molar-refractivity contribution is 6.30. The Bertz CT molecular complexity index is 426. The van der Waals surface area contributed by atoms with Crippen LogP contribution in [0.4, 0.5) is 0 Å². The standard InChI is InChI=1S/C10H15ClN2O3/c1-5-6(8(11)13(4)12-5)10(2,3)7(14)9(15)16/h7,14H,1-4H3,(H,15,16). The number of carboxylic acids is 1. The Balaban J connectivity index is 3.31. The van der Waals surface area contributed by atoms with Crippen LogP contribution in [0.5, 0.6) is 0 Å². The first-order valence-corrected chi connectivity index (χ1v) is 5.17. The van der Waals surface area contributed by atoms with Gasteiger partial charge in [-0.3, -0.25) is 4.68 Å². The molecule has 5 nitrogen and oxygen atoms in total. The van der Waals surface area contributed by atoms with Crippen LogP contribution in [0.25, 0.3) is 0 Å². The van der Waals surface area contributed by atoms with Crippen LogP contribution >= 0.6 is 11.6 Å². The van der Waals surface area contributed by atoms with Crippen molar-refractivity contribution in [1.82, 2.24) is 9.78 Å². The van der Waals surface area contributed by atoms with E-state index in [9.17, 15) is 9.90 Å². The maximum atomic E-state index is 10.8. The molecule has 1 atom stereocenters. The fourth-order valence-corrected chi connectivity index (χ4v) is 2.23. The van der Waals surface area contributed by atoms with Crippen LogP contribution in [-0.4, -0.2) is 32.1 Å². The van der Waals surface area contributed by atoms with E-state index in [2.05, 4.69) is 5.10 Å². The molecule has 0 spiro atoms. The molecule has 0 radical (unpaired) electrons. The first-order valence-electron chi connectivity index (χ1n) is 4.80. The summed E-state index contributed by atoms with van der Waals surface area (Å²) < 4.78 is 1.46. The van der Waals surface area contributed by atoms with Crippen LogP contribution in [-0.2, 0) is 17.3 Å². The molecule has 90 valence electrons. The first-order chi connectivity index (χ1) is 7.19. The minimum atomic E-state index is -1.52. The van der Waals surface area contributed by atoms with E-state index in [1.165, 1.54) is 4.68 Å². The Morgan fingerprint density at radius 1 is 1.56 bits per heavy atom. The van der Waals surface area contributed by atoms with Gasteiger partial charge in [-0.2, -0.15) is 5.10 Å². The number of rotatable bonds is 3. The summed E-state index contributed by atoms with van der Waals surface area (Å²) in [7, 11) is 1.67. The van der Waals surface area contributed by atoms with Gasteiger partial charge in [0.25, 0.3) is 0 Å². The molecule has 0 amide bonds. The quantitative estimate of drug-likeness (QED) is 0.838. The van der Waals surface area contributed by atoms with E-state index in [1.54, 1.807) is 27.8 Å². The summed E-state index contributed by atoms with van der Waals surface area (Å²) in [5.74, 6) is -1.27. The van der Waals surface area contributed by atoms with Gasteiger partial charge in [0, 0.05) is 18.0 Å². The number of halogens is 1. The summed E-state index contributed by atoms with van der Waals surface area (Å²) in [6, 6.07) is 0. The van der Waals surface area contributed by atoms with Gasteiger partial charge in [0.1, 0.15) is 5.15 Å². The van der Waals surface area contributed by atoms with Gasteiger partial charge in [-0.05, 0) is 6.92 Å². The van der Waals surface area contributed by atoms with Gasteiger partial charge in [0.15, 0.2) is 6.10 Å². The van der Waals surface area contributed by atoms with E-state index in [4.69, 9.17) is 16.7 Å². The van der Waals surface area contributed by atoms with Crippen molar-refractivity contribution in [3.8, 4) is 0 Å². The van der Waals surface area contributed by atoms with Crippen LogP contribution in [0.2, 0.25) is 5.15 Å². The van der Waals surface area contributed by atoms with Crippen molar-refractivity contribution in [1.29, 1.82) is 0 Å². The number of aliphatic hydroxyl groups is 1. The molecule has 16 heavy (non-hydrogen) atoms. The normalized spacial score (nSPS) is 13.9. The minimum Gasteiger partial charge on any atom is -0.479 e. The SMILES string of the molecule is Cc1nn(C)c(Cl)c1C(C)(C)C(O)C(=O)O. The molecule has 1 aromatic rings. The molecular weight excluding hydrogens is 232 g/mol. The van der Waals surface area contributed by atoms with E-state index in [1.807, 2.05) is 0 Å². The molecule has 0 fully saturated rings. The molecule has 0 saturated carbocycles. The van der Waals surface area contributed by atoms with E-state index in [0.717, 1.165) is 0 Å². The number of carboxylic acid groups (broad SMARTS) is 1. The molecule has 2 N–H and O–H groups in total. The molecule has 1 unspecified atom stereocenters. The zero-order chi connectivity index (χ0) is 12.7. The lowest BCUT2D eigenvalue weighted by atomic mass is 9.79. The van der Waals surface area contributed by atoms with Gasteiger partial charge >= 0.3 is 5.97 Å². The Morgan fingerprint density at radius 2 is 2.06 bits per heavy atom. The van der Waals surface area contributed by atoms with E-state index >= 15 is 0 Å². The summed E-state index contributed by atoms with van der Waals surface area (Å²) in [5, 5.41) is 23.0. The molecule has 0 aliphatic rings. The maximum absolute atomic E-state index is 10.8. The van der Waals surface area contributed by atoms with Gasteiger partial charge < -0.3 is 10.2 Å². The number of aryl methyl sites for hydroxylation is 2. The van der Waals surface area contributed by atoms with Crippen molar-refractivity contribution in [2.24, 2.45) is 7.05 Å². The summed E-state index contributed by atoms with van der Waals surface area (Å²) >= 11 is 6.04. The van der Waals surface area contributed by atoms with Gasteiger partial charge in [-0.15, -0.1) is 0 Å². The van der Waals surface area contributed by atoms with Crippen molar-refractivity contribution in [2.75, 3.05) is 0 Å². The monoisotopic (exact) mass is 246 g/mol. The average Bonchev–Trinajstić information content (AvgIpc) is 2.39. The summed E-state index contributed by atoms with van der Waals surface area (Å²) in [4.78, 5) is 10.8. The fraction of sp³-hybridized carbons (Fsp3) is 0.600. The lowest BCUT2D eigenvalue weighted by Crippen LogP contribution is -2.40. The molecule has 1 aromatic heterocycles. The molecule has 0 aliphatic carbocycles. The van der Waals surface area contributed by atoms with Crippen LogP contribution in [0, 0.1) is 6.92 Å². The number of hydrogen-bond donors (Lipinski definition) is 2. The Hall–Kier alpha value is -1.07. The second-order valence-corrected chi connectivity index (χ2v) is 4.70. The third-order valence-corrected chi connectivity index (χ3v) is 3.15. The highest BCUT2D eigenvalue weighted by Gasteiger charge is 2.39. The smallest absolute Gasteiger partial charge is 0.333 e. The van der Waals surface area contributed by atoms with Gasteiger partial charge in [-0.25, -0.2) is 4.79 Å². The van der Waals surface area contributed by atoms with E-state index in [0.29, 0.717) is 16.4 Å². The first kappa shape index (κ1) is 13.0. The summed E-state index contributed by atoms with van der Waals surface area (Å²) in [6.45, 7) is 4.99. The van der Waals surface area contributed by atoms with Crippen molar-refractivity contribution in [3.63, 3.8) is 0 Å².